The first-order valence-corrected chi connectivity index (χ1v) is 6.39. The molecule has 4 nitrogen and oxygen atoms in total. The van der Waals surface area contributed by atoms with E-state index in [1.54, 1.807) is 4.80 Å². The molecule has 0 aliphatic rings. The van der Waals surface area contributed by atoms with E-state index < -0.39 is 0 Å². The van der Waals surface area contributed by atoms with Gasteiger partial charge < -0.3 is 5.32 Å². The Balaban J connectivity index is 2.21. The van der Waals surface area contributed by atoms with Crippen LogP contribution in [0, 0.1) is 0 Å². The molecule has 0 aliphatic heterocycles. The summed E-state index contributed by atoms with van der Waals surface area (Å²) in [6.07, 6.45) is 1.11. The molecule has 0 aliphatic carbocycles. The third kappa shape index (κ3) is 2.96. The van der Waals surface area contributed by atoms with Crippen molar-refractivity contribution in [3.05, 3.63) is 36.0 Å². The highest BCUT2D eigenvalue weighted by Crippen LogP contribution is 2.19. The SMILES string of the molecule is CC[C@H](C)NCc1nn(C)nc1-c1ccccc1. The average molecular weight is 244 g/mol. The van der Waals surface area contributed by atoms with E-state index in [1.807, 2.05) is 25.2 Å². The molecular weight excluding hydrogens is 224 g/mol. The van der Waals surface area contributed by atoms with Crippen LogP contribution in [0.25, 0.3) is 11.3 Å². The Labute approximate surface area is 108 Å². The Morgan fingerprint density at radius 2 is 1.94 bits per heavy atom. The topological polar surface area (TPSA) is 42.7 Å². The lowest BCUT2D eigenvalue weighted by molar-refractivity contribution is 0.524. The van der Waals surface area contributed by atoms with Crippen LogP contribution in [0.2, 0.25) is 0 Å². The molecule has 1 aromatic heterocycles. The fourth-order valence-corrected chi connectivity index (χ4v) is 1.80. The van der Waals surface area contributed by atoms with E-state index in [0.29, 0.717) is 6.04 Å². The minimum Gasteiger partial charge on any atom is -0.309 e. The molecule has 0 amide bonds. The molecule has 1 atom stereocenters. The number of rotatable bonds is 5. The number of aromatic nitrogens is 3. The first kappa shape index (κ1) is 12.8. The van der Waals surface area contributed by atoms with E-state index in [-0.39, 0.29) is 0 Å². The molecule has 4 heteroatoms. The van der Waals surface area contributed by atoms with Gasteiger partial charge >= 0.3 is 0 Å². The zero-order valence-electron chi connectivity index (χ0n) is 11.2. The number of benzene rings is 1. The molecule has 1 heterocycles. The summed E-state index contributed by atoms with van der Waals surface area (Å²) >= 11 is 0. The summed E-state index contributed by atoms with van der Waals surface area (Å²) in [5, 5.41) is 12.3. The third-order valence-electron chi connectivity index (χ3n) is 3.06. The van der Waals surface area contributed by atoms with Crippen LogP contribution in [0.5, 0.6) is 0 Å². The van der Waals surface area contributed by atoms with Crippen molar-refractivity contribution in [1.29, 1.82) is 0 Å². The second kappa shape index (κ2) is 5.78. The molecule has 96 valence electrons. The first-order valence-electron chi connectivity index (χ1n) is 6.39. The highest BCUT2D eigenvalue weighted by atomic mass is 15.5. The molecule has 0 radical (unpaired) electrons. The van der Waals surface area contributed by atoms with Crippen molar-refractivity contribution in [2.45, 2.75) is 32.9 Å². The Morgan fingerprint density at radius 3 is 2.61 bits per heavy atom. The second-order valence-corrected chi connectivity index (χ2v) is 4.54. The smallest absolute Gasteiger partial charge is 0.117 e. The zero-order valence-corrected chi connectivity index (χ0v) is 11.2. The highest BCUT2D eigenvalue weighted by molar-refractivity contribution is 5.60. The zero-order chi connectivity index (χ0) is 13.0. The summed E-state index contributed by atoms with van der Waals surface area (Å²) in [5.74, 6) is 0. The number of nitrogens with zero attached hydrogens (tertiary/aromatic N) is 3. The van der Waals surface area contributed by atoms with Crippen LogP contribution in [-0.4, -0.2) is 21.0 Å². The van der Waals surface area contributed by atoms with E-state index >= 15 is 0 Å². The molecule has 0 saturated carbocycles. The van der Waals surface area contributed by atoms with E-state index in [4.69, 9.17) is 0 Å². The molecule has 18 heavy (non-hydrogen) atoms. The third-order valence-corrected chi connectivity index (χ3v) is 3.06. The van der Waals surface area contributed by atoms with Gasteiger partial charge in [-0.05, 0) is 13.3 Å². The van der Waals surface area contributed by atoms with Gasteiger partial charge in [0.2, 0.25) is 0 Å². The molecule has 0 spiro atoms. The fourth-order valence-electron chi connectivity index (χ4n) is 1.80. The maximum atomic E-state index is 4.45. The van der Waals surface area contributed by atoms with Crippen molar-refractivity contribution in [2.24, 2.45) is 7.05 Å². The van der Waals surface area contributed by atoms with Crippen molar-refractivity contribution >= 4 is 0 Å². The predicted molar refractivity (Wildman–Crippen MR) is 73.0 cm³/mol. The van der Waals surface area contributed by atoms with Crippen LogP contribution in [0.3, 0.4) is 0 Å². The summed E-state index contributed by atoms with van der Waals surface area (Å²) < 4.78 is 0. The van der Waals surface area contributed by atoms with E-state index in [2.05, 4.69) is 41.5 Å². The molecule has 1 N–H and O–H groups in total. The molecule has 2 aromatic rings. The summed E-state index contributed by atoms with van der Waals surface area (Å²) in [4.78, 5) is 1.63. The second-order valence-electron chi connectivity index (χ2n) is 4.54. The molecule has 0 unspecified atom stereocenters. The quantitative estimate of drug-likeness (QED) is 0.878. The van der Waals surface area contributed by atoms with Crippen LogP contribution < -0.4 is 5.32 Å². The van der Waals surface area contributed by atoms with Crippen molar-refractivity contribution in [3.63, 3.8) is 0 Å². The summed E-state index contributed by atoms with van der Waals surface area (Å²) in [5.41, 5.74) is 3.09. The summed E-state index contributed by atoms with van der Waals surface area (Å²) in [7, 11) is 1.86. The van der Waals surface area contributed by atoms with E-state index in [9.17, 15) is 0 Å². The molecule has 0 fully saturated rings. The van der Waals surface area contributed by atoms with Crippen molar-refractivity contribution in [2.75, 3.05) is 0 Å². The molecular formula is C14H20N4. The fraction of sp³-hybridized carbons (Fsp3) is 0.429. The van der Waals surface area contributed by atoms with Gasteiger partial charge in [0.25, 0.3) is 0 Å². The summed E-state index contributed by atoms with van der Waals surface area (Å²) in [6.45, 7) is 5.11. The molecule has 1 aromatic carbocycles. The predicted octanol–water partition coefficient (Wildman–Crippen LogP) is 2.37. The van der Waals surface area contributed by atoms with Gasteiger partial charge in [-0.3, -0.25) is 0 Å². The maximum Gasteiger partial charge on any atom is 0.117 e. The minimum atomic E-state index is 0.496. The van der Waals surface area contributed by atoms with Gasteiger partial charge in [-0.1, -0.05) is 37.3 Å². The number of aryl methyl sites for hydroxylation is 1. The minimum absolute atomic E-state index is 0.496. The first-order chi connectivity index (χ1) is 8.70. The lowest BCUT2D eigenvalue weighted by Crippen LogP contribution is -2.25. The lowest BCUT2D eigenvalue weighted by Gasteiger charge is -2.09. The number of hydrogen-bond donors (Lipinski definition) is 1. The van der Waals surface area contributed by atoms with Gasteiger partial charge in [-0.2, -0.15) is 15.0 Å². The van der Waals surface area contributed by atoms with Gasteiger partial charge in [0.15, 0.2) is 0 Å². The highest BCUT2D eigenvalue weighted by Gasteiger charge is 2.12. The van der Waals surface area contributed by atoms with Crippen molar-refractivity contribution in [3.8, 4) is 11.3 Å². The van der Waals surface area contributed by atoms with Crippen molar-refractivity contribution in [1.82, 2.24) is 20.3 Å². The van der Waals surface area contributed by atoms with Gasteiger partial charge in [0.1, 0.15) is 11.4 Å². The van der Waals surface area contributed by atoms with Gasteiger partial charge in [0, 0.05) is 25.2 Å². The van der Waals surface area contributed by atoms with Crippen LogP contribution in [0.1, 0.15) is 26.0 Å². The molecule has 0 saturated heterocycles. The Kier molecular flexibility index (Phi) is 4.10. The van der Waals surface area contributed by atoms with Gasteiger partial charge in [0.05, 0.1) is 0 Å². The van der Waals surface area contributed by atoms with Gasteiger partial charge in [-0.25, -0.2) is 0 Å². The van der Waals surface area contributed by atoms with Gasteiger partial charge in [-0.15, -0.1) is 0 Å². The number of nitrogens with one attached hydrogen (secondary N) is 1. The van der Waals surface area contributed by atoms with E-state index in [0.717, 1.165) is 29.9 Å². The van der Waals surface area contributed by atoms with Crippen LogP contribution in [0.4, 0.5) is 0 Å². The Morgan fingerprint density at radius 1 is 1.22 bits per heavy atom. The standard InChI is InChI=1S/C14H20N4/c1-4-11(2)15-10-13-14(17-18(3)16-13)12-8-6-5-7-9-12/h5-9,11,15H,4,10H2,1-3H3/t11-/m0/s1. The van der Waals surface area contributed by atoms with Crippen molar-refractivity contribution < 1.29 is 0 Å². The average Bonchev–Trinajstić information content (AvgIpc) is 2.78. The molecule has 2 rings (SSSR count). The summed E-state index contributed by atoms with van der Waals surface area (Å²) in [6, 6.07) is 10.7. The largest absolute Gasteiger partial charge is 0.309 e. The maximum absolute atomic E-state index is 4.45. The molecule has 0 bridgehead atoms. The Hall–Kier alpha value is -1.68. The van der Waals surface area contributed by atoms with Crippen LogP contribution in [-0.2, 0) is 13.6 Å². The van der Waals surface area contributed by atoms with Crippen LogP contribution in [0.15, 0.2) is 30.3 Å². The normalized spacial score (nSPS) is 12.6. The number of hydrogen-bond acceptors (Lipinski definition) is 3. The monoisotopic (exact) mass is 244 g/mol. The van der Waals surface area contributed by atoms with Crippen LogP contribution >= 0.6 is 0 Å². The van der Waals surface area contributed by atoms with E-state index in [1.165, 1.54) is 0 Å². The lowest BCUT2D eigenvalue weighted by atomic mass is 10.1. The Bertz CT molecular complexity index is 490.